The van der Waals surface area contributed by atoms with Gasteiger partial charge >= 0.3 is 17.9 Å². The molecule has 0 atom stereocenters. The van der Waals surface area contributed by atoms with Crippen molar-refractivity contribution in [1.82, 2.24) is 24.9 Å². The molecule has 0 aliphatic carbocycles. The van der Waals surface area contributed by atoms with Crippen LogP contribution in [0.5, 0.6) is 0 Å². The summed E-state index contributed by atoms with van der Waals surface area (Å²) in [4.78, 5) is 53.5. The van der Waals surface area contributed by atoms with Crippen LogP contribution in [0.2, 0.25) is 0 Å². The lowest BCUT2D eigenvalue weighted by molar-refractivity contribution is -0.140. The minimum Gasteiger partial charge on any atom is -0.480 e. The van der Waals surface area contributed by atoms with Gasteiger partial charge in [-0.3, -0.25) is 38.8 Å². The number of carboxylic acids is 3. The van der Waals surface area contributed by atoms with E-state index in [9.17, 15) is 34.5 Å². The summed E-state index contributed by atoms with van der Waals surface area (Å²) in [5.41, 5.74) is 0. The average Bonchev–Trinajstić information content (AvgIpc) is 2.88. The first-order chi connectivity index (χ1) is 19.2. The number of aliphatic hydroxyl groups excluding tert-OH is 1. The number of carbonyl (C=O) groups is 4. The Kier molecular flexibility index (Phi) is 19.8. The number of aliphatic hydroxyl groups is 1. The van der Waals surface area contributed by atoms with Crippen LogP contribution < -0.4 is 5.32 Å². The van der Waals surface area contributed by atoms with Gasteiger partial charge in [0.05, 0.1) is 72.4 Å². The molecule has 1 amide bonds. The molecule has 40 heavy (non-hydrogen) atoms. The fourth-order valence-corrected chi connectivity index (χ4v) is 3.91. The first-order valence-corrected chi connectivity index (χ1v) is 13.3. The normalized spacial score (nSPS) is 17.1. The molecule has 16 nitrogen and oxygen atoms in total. The van der Waals surface area contributed by atoms with Crippen molar-refractivity contribution in [3.8, 4) is 0 Å². The Bertz CT molecular complexity index is 714. The Morgan fingerprint density at radius 1 is 0.525 bits per heavy atom. The van der Waals surface area contributed by atoms with E-state index in [4.69, 9.17) is 19.3 Å². The van der Waals surface area contributed by atoms with Gasteiger partial charge in [-0.05, 0) is 0 Å². The standard InChI is InChI=1S/C24H45N5O11/c30-10-12-39-14-16-40-15-13-38-11-1-25-21(31)17-26-2-4-27(18-22(32)33)6-8-29(20-24(36)37)9-7-28(5-3-26)19-23(34)35/h30H,1-20H2,(H,25,31)(H,32,33)(H,34,35)(H,36,37). The lowest BCUT2D eigenvalue weighted by Gasteiger charge is -2.32. The largest absolute Gasteiger partial charge is 0.480 e. The topological polar surface area (TPSA) is 202 Å². The van der Waals surface area contributed by atoms with E-state index in [1.165, 1.54) is 0 Å². The SMILES string of the molecule is O=C(O)CN1CCN(CC(=O)O)CCN(CC(=O)NCCOCCOCCOCCO)CCN(CC(=O)O)CC1. The number of nitrogens with zero attached hydrogens (tertiary/aromatic N) is 4. The number of rotatable bonds is 19. The molecule has 1 saturated heterocycles. The van der Waals surface area contributed by atoms with Gasteiger partial charge in [-0.2, -0.15) is 0 Å². The summed E-state index contributed by atoms with van der Waals surface area (Å²) < 4.78 is 15.8. The molecule has 0 radical (unpaired) electrons. The van der Waals surface area contributed by atoms with Crippen LogP contribution in [-0.2, 0) is 33.4 Å². The number of hydrogen-bond acceptors (Lipinski definition) is 12. The van der Waals surface area contributed by atoms with Crippen molar-refractivity contribution in [3.63, 3.8) is 0 Å². The number of carboxylic acid groups (broad SMARTS) is 3. The first-order valence-electron chi connectivity index (χ1n) is 13.3. The minimum absolute atomic E-state index is 0.0338. The Balaban J connectivity index is 2.57. The molecule has 1 heterocycles. The van der Waals surface area contributed by atoms with E-state index in [1.54, 1.807) is 14.7 Å². The summed E-state index contributed by atoms with van der Waals surface area (Å²) in [6.07, 6.45) is 0. The average molecular weight is 580 g/mol. The molecule has 1 fully saturated rings. The van der Waals surface area contributed by atoms with Crippen LogP contribution in [0.4, 0.5) is 0 Å². The number of ether oxygens (including phenoxy) is 3. The van der Waals surface area contributed by atoms with Gasteiger partial charge in [-0.15, -0.1) is 0 Å². The lowest BCUT2D eigenvalue weighted by atomic mass is 10.3. The Morgan fingerprint density at radius 3 is 1.20 bits per heavy atom. The van der Waals surface area contributed by atoms with Crippen LogP contribution in [0, 0.1) is 0 Å². The predicted molar refractivity (Wildman–Crippen MR) is 141 cm³/mol. The predicted octanol–water partition coefficient (Wildman–Crippen LogP) is -3.38. The smallest absolute Gasteiger partial charge is 0.317 e. The van der Waals surface area contributed by atoms with Crippen molar-refractivity contribution in [2.75, 3.05) is 131 Å². The van der Waals surface area contributed by atoms with Gasteiger partial charge in [0, 0.05) is 58.9 Å². The maximum Gasteiger partial charge on any atom is 0.317 e. The van der Waals surface area contributed by atoms with Crippen molar-refractivity contribution < 1.29 is 53.8 Å². The Hall–Kier alpha value is -2.44. The summed E-state index contributed by atoms with van der Waals surface area (Å²) in [6, 6.07) is 0. The summed E-state index contributed by atoms with van der Waals surface area (Å²) in [7, 11) is 0. The number of aliphatic carboxylic acids is 3. The third-order valence-electron chi connectivity index (χ3n) is 5.92. The van der Waals surface area contributed by atoms with Crippen LogP contribution in [0.1, 0.15) is 0 Å². The van der Waals surface area contributed by atoms with E-state index in [0.29, 0.717) is 91.9 Å². The van der Waals surface area contributed by atoms with E-state index in [2.05, 4.69) is 5.32 Å². The van der Waals surface area contributed by atoms with Gasteiger partial charge < -0.3 is 40.0 Å². The molecule has 0 spiro atoms. The maximum absolute atomic E-state index is 12.6. The van der Waals surface area contributed by atoms with E-state index in [-0.39, 0.29) is 45.3 Å². The van der Waals surface area contributed by atoms with E-state index in [1.807, 2.05) is 4.90 Å². The lowest BCUT2D eigenvalue weighted by Crippen LogP contribution is -2.50. The molecule has 0 aromatic heterocycles. The number of nitrogens with one attached hydrogen (secondary N) is 1. The molecule has 1 rings (SSSR count). The van der Waals surface area contributed by atoms with E-state index >= 15 is 0 Å². The van der Waals surface area contributed by atoms with Gasteiger partial charge in [-0.25, -0.2) is 0 Å². The summed E-state index contributed by atoms with van der Waals surface area (Å²) in [6.45, 7) is 4.38. The van der Waals surface area contributed by atoms with Crippen molar-refractivity contribution in [1.29, 1.82) is 0 Å². The molecule has 0 saturated carbocycles. The van der Waals surface area contributed by atoms with Crippen LogP contribution in [-0.4, -0.2) is 195 Å². The summed E-state index contributed by atoms with van der Waals surface area (Å²) in [5, 5.41) is 39.2. The van der Waals surface area contributed by atoms with Crippen LogP contribution in [0.3, 0.4) is 0 Å². The molecule has 232 valence electrons. The first kappa shape index (κ1) is 35.6. The van der Waals surface area contributed by atoms with Gasteiger partial charge in [0.2, 0.25) is 5.91 Å². The van der Waals surface area contributed by atoms with Crippen LogP contribution in [0.25, 0.3) is 0 Å². The van der Waals surface area contributed by atoms with Gasteiger partial charge in [0.1, 0.15) is 0 Å². The third kappa shape index (κ3) is 19.6. The second kappa shape index (κ2) is 22.3. The van der Waals surface area contributed by atoms with Crippen molar-refractivity contribution in [2.45, 2.75) is 0 Å². The zero-order valence-electron chi connectivity index (χ0n) is 23.1. The molecule has 0 bridgehead atoms. The molecule has 5 N–H and O–H groups in total. The third-order valence-corrected chi connectivity index (χ3v) is 5.92. The Labute approximate surface area is 234 Å². The highest BCUT2D eigenvalue weighted by Crippen LogP contribution is 2.01. The zero-order valence-corrected chi connectivity index (χ0v) is 23.1. The second-order valence-electron chi connectivity index (χ2n) is 9.20. The highest BCUT2D eigenvalue weighted by atomic mass is 16.5. The molecule has 0 aromatic rings. The Morgan fingerprint density at radius 2 is 0.850 bits per heavy atom. The van der Waals surface area contributed by atoms with Crippen molar-refractivity contribution in [3.05, 3.63) is 0 Å². The zero-order chi connectivity index (χ0) is 29.6. The number of hydrogen-bond donors (Lipinski definition) is 5. The summed E-state index contributed by atoms with van der Waals surface area (Å²) >= 11 is 0. The number of amides is 1. The fraction of sp³-hybridized carbons (Fsp3) is 0.833. The molecule has 1 aliphatic rings. The summed E-state index contributed by atoms with van der Waals surface area (Å²) in [5.74, 6) is -3.27. The van der Waals surface area contributed by atoms with E-state index in [0.717, 1.165) is 0 Å². The van der Waals surface area contributed by atoms with Gasteiger partial charge in [-0.1, -0.05) is 0 Å². The molecular weight excluding hydrogens is 534 g/mol. The minimum atomic E-state index is -1.02. The van der Waals surface area contributed by atoms with Crippen LogP contribution in [0.15, 0.2) is 0 Å². The van der Waals surface area contributed by atoms with E-state index < -0.39 is 17.9 Å². The molecule has 0 unspecified atom stereocenters. The van der Waals surface area contributed by atoms with Crippen molar-refractivity contribution >= 4 is 23.8 Å². The van der Waals surface area contributed by atoms with Crippen LogP contribution >= 0.6 is 0 Å². The monoisotopic (exact) mass is 579 g/mol. The fourth-order valence-electron chi connectivity index (χ4n) is 3.91. The van der Waals surface area contributed by atoms with Gasteiger partial charge in [0.15, 0.2) is 0 Å². The maximum atomic E-state index is 12.6. The molecule has 16 heteroatoms. The number of carbonyl (C=O) groups excluding carboxylic acids is 1. The van der Waals surface area contributed by atoms with Crippen molar-refractivity contribution in [2.24, 2.45) is 0 Å². The highest BCUT2D eigenvalue weighted by Gasteiger charge is 2.21. The quantitative estimate of drug-likeness (QED) is 0.0948. The van der Waals surface area contributed by atoms with Gasteiger partial charge in [0.25, 0.3) is 0 Å². The molecule has 1 aliphatic heterocycles. The highest BCUT2D eigenvalue weighted by molar-refractivity contribution is 5.78. The molecular formula is C24H45N5O11. The molecule has 0 aromatic carbocycles. The second-order valence-corrected chi connectivity index (χ2v) is 9.20.